The lowest BCUT2D eigenvalue weighted by Crippen LogP contribution is -2.62. The lowest BCUT2D eigenvalue weighted by molar-refractivity contribution is 0.103. The highest BCUT2D eigenvalue weighted by Crippen LogP contribution is 2.50. The van der Waals surface area contributed by atoms with Crippen LogP contribution in [-0.4, -0.2) is 20.1 Å². The van der Waals surface area contributed by atoms with Crippen molar-refractivity contribution in [3.05, 3.63) is 65.0 Å². The predicted molar refractivity (Wildman–Crippen MR) is 123 cm³/mol. The van der Waals surface area contributed by atoms with Crippen molar-refractivity contribution in [2.45, 2.75) is 77.6 Å². The van der Waals surface area contributed by atoms with Crippen molar-refractivity contribution in [2.75, 3.05) is 4.57 Å². The summed E-state index contributed by atoms with van der Waals surface area (Å²) in [4.78, 5) is 13.2. The zero-order chi connectivity index (χ0) is 21.5. The lowest BCUT2D eigenvalue weighted by Gasteiger charge is -2.53. The van der Waals surface area contributed by atoms with Gasteiger partial charge in [0.15, 0.2) is 14.0 Å². The summed E-state index contributed by atoms with van der Waals surface area (Å²) in [5, 5.41) is 0. The maximum absolute atomic E-state index is 14.3. The fourth-order valence-electron chi connectivity index (χ4n) is 6.07. The summed E-state index contributed by atoms with van der Waals surface area (Å²) in [7, 11) is -1.91. The average Bonchev–Trinajstić information content (AvgIpc) is 2.98. The fourth-order valence-corrected chi connectivity index (χ4v) is 13.2. The van der Waals surface area contributed by atoms with Crippen molar-refractivity contribution in [1.82, 2.24) is 0 Å². The van der Waals surface area contributed by atoms with Gasteiger partial charge in [0.25, 0.3) is 0 Å². The van der Waals surface area contributed by atoms with Gasteiger partial charge in [0.05, 0.1) is 5.56 Å². The van der Waals surface area contributed by atoms with Gasteiger partial charge in [-0.05, 0) is 53.7 Å². The molecule has 0 unspecified atom stereocenters. The minimum Gasteiger partial charge on any atom is -0.394 e. The Labute approximate surface area is 176 Å². The molecule has 1 atom stereocenters. The smallest absolute Gasteiger partial charge is 0.196 e. The van der Waals surface area contributed by atoms with E-state index in [0.29, 0.717) is 28.2 Å². The number of halogens is 1. The summed E-state index contributed by atoms with van der Waals surface area (Å²) in [6.07, 6.45) is 0.840. The molecule has 0 spiro atoms. The topological polar surface area (TPSA) is 20.3 Å². The molecule has 2 nitrogen and oxygen atoms in total. The van der Waals surface area contributed by atoms with E-state index >= 15 is 0 Å². The van der Waals surface area contributed by atoms with Gasteiger partial charge in [-0.3, -0.25) is 4.79 Å². The van der Waals surface area contributed by atoms with Gasteiger partial charge in [-0.25, -0.2) is 4.39 Å². The molecule has 0 bridgehead atoms. The van der Waals surface area contributed by atoms with Crippen LogP contribution < -0.4 is 4.57 Å². The molecule has 4 heteroatoms. The van der Waals surface area contributed by atoms with Crippen molar-refractivity contribution in [3.63, 3.8) is 0 Å². The number of hydrogen-bond donors (Lipinski definition) is 0. The minimum atomic E-state index is -1.91. The van der Waals surface area contributed by atoms with Crippen LogP contribution in [0, 0.1) is 5.82 Å². The van der Waals surface area contributed by atoms with Gasteiger partial charge in [0, 0.05) is 17.3 Å². The van der Waals surface area contributed by atoms with Crippen LogP contribution in [0.5, 0.6) is 0 Å². The molecule has 1 aliphatic heterocycles. The van der Waals surface area contributed by atoms with Crippen LogP contribution in [0.1, 0.15) is 70.0 Å². The summed E-state index contributed by atoms with van der Waals surface area (Å²) in [5.41, 5.74) is 4.85. The first-order valence-electron chi connectivity index (χ1n) is 10.8. The average molecular weight is 412 g/mol. The van der Waals surface area contributed by atoms with Crippen LogP contribution in [0.3, 0.4) is 0 Å². The zero-order valence-corrected chi connectivity index (χ0v) is 19.8. The second-order valence-electron chi connectivity index (χ2n) is 9.39. The van der Waals surface area contributed by atoms with Crippen LogP contribution in [0.25, 0.3) is 0 Å². The Hall–Kier alpha value is -1.94. The van der Waals surface area contributed by atoms with Gasteiger partial charge in [0.1, 0.15) is 5.82 Å². The number of anilines is 1. The summed E-state index contributed by atoms with van der Waals surface area (Å²) >= 11 is 0. The highest BCUT2D eigenvalue weighted by Gasteiger charge is 2.52. The maximum atomic E-state index is 14.3. The number of rotatable bonds is 6. The van der Waals surface area contributed by atoms with Crippen LogP contribution in [0.15, 0.2) is 42.5 Å². The van der Waals surface area contributed by atoms with E-state index in [9.17, 15) is 9.18 Å². The highest BCUT2D eigenvalue weighted by atomic mass is 28.3. The van der Waals surface area contributed by atoms with Crippen molar-refractivity contribution in [2.24, 2.45) is 0 Å². The molecule has 0 saturated heterocycles. The van der Waals surface area contributed by atoms with Gasteiger partial charge in [0.2, 0.25) is 0 Å². The molecule has 0 saturated carbocycles. The van der Waals surface area contributed by atoms with Crippen LogP contribution in [-0.2, 0) is 6.42 Å². The van der Waals surface area contributed by atoms with Gasteiger partial charge in [-0.1, -0.05) is 65.8 Å². The van der Waals surface area contributed by atoms with Gasteiger partial charge in [-0.2, -0.15) is 0 Å². The monoisotopic (exact) mass is 411 g/mol. The number of nitrogens with zero attached hydrogens (tertiary/aromatic N) is 1. The Morgan fingerprint density at radius 2 is 1.48 bits per heavy atom. The van der Waals surface area contributed by atoms with E-state index in [0.717, 1.165) is 12.0 Å². The molecule has 0 radical (unpaired) electrons. The van der Waals surface area contributed by atoms with Gasteiger partial charge in [-0.15, -0.1) is 0 Å². The quantitative estimate of drug-likeness (QED) is 0.377. The first-order chi connectivity index (χ1) is 13.6. The summed E-state index contributed by atoms with van der Waals surface area (Å²) in [5.74, 6) is -0.659. The Kier molecular flexibility index (Phi) is 6.05. The van der Waals surface area contributed by atoms with E-state index in [1.807, 2.05) is 12.1 Å². The molecule has 1 aliphatic rings. The summed E-state index contributed by atoms with van der Waals surface area (Å²) in [6, 6.07) is 12.7. The molecule has 0 fully saturated rings. The Balaban J connectivity index is 2.17. The number of carbonyl (C=O) groups is 1. The SMILES string of the molecule is CC(C)[Si](C(C)C)(C(C)C)N1c2cccc(C(=O)c3ccccc3F)c2C[C@H]1C. The van der Waals surface area contributed by atoms with Crippen molar-refractivity contribution < 1.29 is 9.18 Å². The van der Waals surface area contributed by atoms with E-state index in [1.54, 1.807) is 18.2 Å². The minimum absolute atomic E-state index is 0.159. The number of fused-ring (bicyclic) bond motifs is 1. The molecular weight excluding hydrogens is 377 g/mol. The third-order valence-electron chi connectivity index (χ3n) is 6.91. The molecule has 1 heterocycles. The maximum Gasteiger partial charge on any atom is 0.196 e. The normalized spacial score (nSPS) is 16.8. The van der Waals surface area contributed by atoms with Crippen molar-refractivity contribution >= 4 is 19.7 Å². The standard InChI is InChI=1S/C25H34FNOSi/c1-16(2)29(17(3)4,18(5)6)27-19(7)15-22-20(12-10-14-24(22)27)25(28)21-11-8-9-13-23(21)26/h8-14,16-19H,15H2,1-7H3/t19-/m1/s1. The second-order valence-corrected chi connectivity index (χ2v) is 15.1. The first-order valence-corrected chi connectivity index (χ1v) is 13.0. The first kappa shape index (κ1) is 21.8. The van der Waals surface area contributed by atoms with E-state index in [1.165, 1.54) is 11.8 Å². The summed E-state index contributed by atoms with van der Waals surface area (Å²) < 4.78 is 17.0. The van der Waals surface area contributed by atoms with E-state index in [2.05, 4.69) is 59.1 Å². The molecule has 0 aliphatic carbocycles. The van der Waals surface area contributed by atoms with Gasteiger partial charge >= 0.3 is 0 Å². The molecule has 0 N–H and O–H groups in total. The van der Waals surface area contributed by atoms with Gasteiger partial charge < -0.3 is 4.57 Å². The molecule has 2 aromatic rings. The number of carbonyl (C=O) groups excluding carboxylic acids is 1. The fraction of sp³-hybridized carbons (Fsp3) is 0.480. The third kappa shape index (κ3) is 3.35. The molecule has 29 heavy (non-hydrogen) atoms. The Morgan fingerprint density at radius 1 is 0.931 bits per heavy atom. The van der Waals surface area contributed by atoms with Crippen LogP contribution >= 0.6 is 0 Å². The highest BCUT2D eigenvalue weighted by molar-refractivity contribution is 6.87. The van der Waals surface area contributed by atoms with Crippen LogP contribution in [0.2, 0.25) is 16.6 Å². The molecule has 3 rings (SSSR count). The van der Waals surface area contributed by atoms with E-state index in [4.69, 9.17) is 0 Å². The number of benzene rings is 2. The molecular formula is C25H34FNOSi. The molecule has 156 valence electrons. The zero-order valence-electron chi connectivity index (χ0n) is 18.8. The van der Waals surface area contributed by atoms with Crippen LogP contribution in [0.4, 0.5) is 10.1 Å². The van der Waals surface area contributed by atoms with Crippen molar-refractivity contribution in [3.8, 4) is 0 Å². The number of ketones is 1. The van der Waals surface area contributed by atoms with E-state index < -0.39 is 14.1 Å². The lowest BCUT2D eigenvalue weighted by atomic mass is 9.96. The molecule has 0 amide bonds. The molecule has 0 aromatic heterocycles. The van der Waals surface area contributed by atoms with Crippen molar-refractivity contribution in [1.29, 1.82) is 0 Å². The largest absolute Gasteiger partial charge is 0.394 e. The summed E-state index contributed by atoms with van der Waals surface area (Å²) in [6.45, 7) is 16.5. The molecule has 2 aromatic carbocycles. The second kappa shape index (κ2) is 8.06. The third-order valence-corrected chi connectivity index (χ3v) is 14.0. The number of hydrogen-bond acceptors (Lipinski definition) is 2. The Bertz CT molecular complexity index is 884. The van der Waals surface area contributed by atoms with E-state index in [-0.39, 0.29) is 11.3 Å². The predicted octanol–water partition coefficient (Wildman–Crippen LogP) is 6.98. The Morgan fingerprint density at radius 3 is 2.03 bits per heavy atom.